The average molecular weight is 444 g/mol. The third kappa shape index (κ3) is 5.73. The van der Waals surface area contributed by atoms with Crippen LogP contribution >= 0.6 is 0 Å². The molecule has 0 radical (unpaired) electrons. The Morgan fingerprint density at radius 2 is 1.88 bits per heavy atom. The predicted molar refractivity (Wildman–Crippen MR) is 112 cm³/mol. The molecule has 9 heteroatoms. The molecule has 3 aromatic rings. The molecule has 6 nitrogen and oxygen atoms in total. The molecule has 0 unspecified atom stereocenters. The molecule has 1 saturated carbocycles. The number of benzene rings is 1. The summed E-state index contributed by atoms with van der Waals surface area (Å²) < 4.78 is 40.3. The van der Waals surface area contributed by atoms with Crippen molar-refractivity contribution in [3.05, 3.63) is 71.8 Å². The Bertz CT molecular complexity index is 1080. The number of hydrogen-bond acceptors (Lipinski definition) is 4. The summed E-state index contributed by atoms with van der Waals surface area (Å²) in [5.41, 5.74) is 1.44. The summed E-state index contributed by atoms with van der Waals surface area (Å²) in [6.07, 6.45) is 2.98. The predicted octanol–water partition coefficient (Wildman–Crippen LogP) is 4.57. The zero-order chi connectivity index (χ0) is 22.7. The minimum Gasteiger partial charge on any atom is -0.478 e. The van der Waals surface area contributed by atoms with Gasteiger partial charge in [-0.25, -0.2) is 9.78 Å². The second-order valence-electron chi connectivity index (χ2n) is 8.10. The van der Waals surface area contributed by atoms with Gasteiger partial charge in [0.2, 0.25) is 0 Å². The average Bonchev–Trinajstić information content (AvgIpc) is 3.45. The molecule has 0 amide bonds. The number of nitrogens with zero attached hydrogens (tertiary/aromatic N) is 4. The normalized spacial score (nSPS) is 14.1. The second kappa shape index (κ2) is 9.12. The molecule has 1 aliphatic carbocycles. The summed E-state index contributed by atoms with van der Waals surface area (Å²) in [5.74, 6) is -0.377. The first-order valence-corrected chi connectivity index (χ1v) is 10.4. The van der Waals surface area contributed by atoms with Crippen LogP contribution in [0, 0.1) is 5.92 Å². The molecular formula is C23H23F3N4O2. The van der Waals surface area contributed by atoms with Crippen LogP contribution in [0.1, 0.15) is 34.3 Å². The Morgan fingerprint density at radius 1 is 1.12 bits per heavy atom. The molecule has 2 aromatic heterocycles. The van der Waals surface area contributed by atoms with E-state index in [0.29, 0.717) is 30.4 Å². The maximum absolute atomic E-state index is 12.8. The van der Waals surface area contributed by atoms with Crippen LogP contribution in [0.25, 0.3) is 11.4 Å². The van der Waals surface area contributed by atoms with Gasteiger partial charge in [-0.1, -0.05) is 12.1 Å². The third-order valence-corrected chi connectivity index (χ3v) is 5.48. The highest BCUT2D eigenvalue weighted by Crippen LogP contribution is 2.31. The molecule has 0 atom stereocenters. The molecular weight excluding hydrogens is 421 g/mol. The van der Waals surface area contributed by atoms with E-state index >= 15 is 0 Å². The van der Waals surface area contributed by atoms with E-state index in [-0.39, 0.29) is 5.56 Å². The van der Waals surface area contributed by atoms with Crippen LogP contribution in [0.3, 0.4) is 0 Å². The summed E-state index contributed by atoms with van der Waals surface area (Å²) in [4.78, 5) is 22.0. The fourth-order valence-corrected chi connectivity index (χ4v) is 3.53. The lowest BCUT2D eigenvalue weighted by Gasteiger charge is -2.22. The Balaban J connectivity index is 1.40. The minimum absolute atomic E-state index is 0.150. The SMILES string of the molecule is O=C(O)c1ccnc(-c2cn(CCN(Cc3ccc(C(F)(F)F)cc3)CC3CC3)cn2)c1. The number of carboxylic acid groups (broad SMARTS) is 1. The molecule has 2 heterocycles. The van der Waals surface area contributed by atoms with Gasteiger partial charge in [-0.3, -0.25) is 9.88 Å². The van der Waals surface area contributed by atoms with E-state index in [9.17, 15) is 18.0 Å². The van der Waals surface area contributed by atoms with Gasteiger partial charge < -0.3 is 9.67 Å². The van der Waals surface area contributed by atoms with Crippen molar-refractivity contribution in [1.29, 1.82) is 0 Å². The molecule has 1 aromatic carbocycles. The highest BCUT2D eigenvalue weighted by atomic mass is 19.4. The fourth-order valence-electron chi connectivity index (χ4n) is 3.53. The summed E-state index contributed by atoms with van der Waals surface area (Å²) in [6.45, 7) is 2.86. The van der Waals surface area contributed by atoms with E-state index in [1.165, 1.54) is 31.2 Å². The largest absolute Gasteiger partial charge is 0.478 e. The van der Waals surface area contributed by atoms with Crippen molar-refractivity contribution < 1.29 is 23.1 Å². The number of carboxylic acids is 1. The minimum atomic E-state index is -4.33. The van der Waals surface area contributed by atoms with E-state index in [0.717, 1.165) is 30.8 Å². The van der Waals surface area contributed by atoms with Crippen molar-refractivity contribution in [2.45, 2.75) is 32.1 Å². The van der Waals surface area contributed by atoms with Gasteiger partial charge in [0.05, 0.1) is 23.1 Å². The molecule has 1 N–H and O–H groups in total. The van der Waals surface area contributed by atoms with Crippen molar-refractivity contribution >= 4 is 5.97 Å². The zero-order valence-electron chi connectivity index (χ0n) is 17.3. The van der Waals surface area contributed by atoms with E-state index in [2.05, 4.69) is 14.9 Å². The van der Waals surface area contributed by atoms with Gasteiger partial charge in [0, 0.05) is 38.6 Å². The lowest BCUT2D eigenvalue weighted by Crippen LogP contribution is -2.29. The summed E-state index contributed by atoms with van der Waals surface area (Å²) in [7, 11) is 0. The maximum Gasteiger partial charge on any atom is 0.416 e. The van der Waals surface area contributed by atoms with Crippen LogP contribution in [0.4, 0.5) is 13.2 Å². The monoisotopic (exact) mass is 444 g/mol. The Morgan fingerprint density at radius 3 is 2.53 bits per heavy atom. The number of halogens is 3. The second-order valence-corrected chi connectivity index (χ2v) is 8.10. The van der Waals surface area contributed by atoms with Crippen LogP contribution < -0.4 is 0 Å². The van der Waals surface area contributed by atoms with Gasteiger partial charge in [-0.2, -0.15) is 13.2 Å². The van der Waals surface area contributed by atoms with Crippen LogP contribution in [0.5, 0.6) is 0 Å². The van der Waals surface area contributed by atoms with Gasteiger partial charge in [0.1, 0.15) is 5.69 Å². The van der Waals surface area contributed by atoms with Gasteiger partial charge >= 0.3 is 12.1 Å². The molecule has 32 heavy (non-hydrogen) atoms. The first kappa shape index (κ1) is 22.0. The van der Waals surface area contributed by atoms with Crippen LogP contribution in [-0.2, 0) is 19.3 Å². The molecule has 0 spiro atoms. The number of pyridine rings is 1. The molecule has 0 aliphatic heterocycles. The Labute approximate surface area is 183 Å². The smallest absolute Gasteiger partial charge is 0.416 e. The number of aromatic nitrogens is 3. The van der Waals surface area contributed by atoms with Gasteiger partial charge in [-0.15, -0.1) is 0 Å². The van der Waals surface area contributed by atoms with E-state index in [1.54, 1.807) is 18.5 Å². The molecule has 1 aliphatic rings. The van der Waals surface area contributed by atoms with Crippen molar-refractivity contribution in [2.75, 3.05) is 13.1 Å². The van der Waals surface area contributed by atoms with E-state index in [4.69, 9.17) is 5.11 Å². The number of carbonyl (C=O) groups is 1. The molecule has 0 saturated heterocycles. The van der Waals surface area contributed by atoms with Gasteiger partial charge in [0.15, 0.2) is 0 Å². The molecule has 1 fully saturated rings. The number of aromatic carboxylic acids is 1. The number of rotatable bonds is 9. The van der Waals surface area contributed by atoms with Crippen molar-refractivity contribution in [1.82, 2.24) is 19.4 Å². The van der Waals surface area contributed by atoms with E-state index in [1.807, 2.05) is 10.8 Å². The van der Waals surface area contributed by atoms with Crippen LogP contribution in [0.15, 0.2) is 55.1 Å². The quantitative estimate of drug-likeness (QED) is 0.523. The third-order valence-electron chi connectivity index (χ3n) is 5.48. The number of imidazole rings is 1. The topological polar surface area (TPSA) is 71.2 Å². The Hall–Kier alpha value is -3.20. The standard InChI is InChI=1S/C23H23F3N4O2/c24-23(25,26)19-5-3-17(4-6-19)13-29(12-16-1-2-16)9-10-30-14-21(28-15-30)20-11-18(22(31)32)7-8-27-20/h3-8,11,14-16H,1-2,9-10,12-13H2,(H,31,32). The van der Waals surface area contributed by atoms with Crippen LogP contribution in [-0.4, -0.2) is 43.6 Å². The maximum atomic E-state index is 12.8. The van der Waals surface area contributed by atoms with E-state index < -0.39 is 17.7 Å². The Kier molecular flexibility index (Phi) is 6.27. The van der Waals surface area contributed by atoms with Gasteiger partial charge in [0.25, 0.3) is 0 Å². The highest BCUT2D eigenvalue weighted by Gasteiger charge is 2.30. The van der Waals surface area contributed by atoms with Gasteiger partial charge in [-0.05, 0) is 48.6 Å². The zero-order valence-corrected chi connectivity index (χ0v) is 17.3. The van der Waals surface area contributed by atoms with Crippen LogP contribution in [0.2, 0.25) is 0 Å². The molecule has 168 valence electrons. The fraction of sp³-hybridized carbons (Fsp3) is 0.348. The number of alkyl halides is 3. The van der Waals surface area contributed by atoms with Crippen molar-refractivity contribution in [2.24, 2.45) is 5.92 Å². The lowest BCUT2D eigenvalue weighted by atomic mass is 10.1. The highest BCUT2D eigenvalue weighted by molar-refractivity contribution is 5.88. The summed E-state index contributed by atoms with van der Waals surface area (Å²) in [6, 6.07) is 8.26. The number of hydrogen-bond donors (Lipinski definition) is 1. The van der Waals surface area contributed by atoms with Crippen molar-refractivity contribution in [3.8, 4) is 11.4 Å². The first-order chi connectivity index (χ1) is 15.3. The first-order valence-electron chi connectivity index (χ1n) is 10.4. The summed E-state index contributed by atoms with van der Waals surface area (Å²) in [5, 5.41) is 9.15. The van der Waals surface area contributed by atoms with Crippen molar-refractivity contribution in [3.63, 3.8) is 0 Å². The lowest BCUT2D eigenvalue weighted by molar-refractivity contribution is -0.137. The summed E-state index contributed by atoms with van der Waals surface area (Å²) >= 11 is 0. The molecule has 0 bridgehead atoms. The molecule has 4 rings (SSSR count).